The number of rotatable bonds is 8. The van der Waals surface area contributed by atoms with E-state index in [2.05, 4.69) is 0 Å². The van der Waals surface area contributed by atoms with Crippen LogP contribution < -0.4 is 9.64 Å². The molecule has 2 aromatic rings. The lowest BCUT2D eigenvalue weighted by Gasteiger charge is -2.30. The Morgan fingerprint density at radius 3 is 2.33 bits per heavy atom. The maximum atomic E-state index is 13.9. The van der Waals surface area contributed by atoms with Crippen molar-refractivity contribution in [3.05, 3.63) is 54.1 Å². The topological polar surface area (TPSA) is 62.3 Å². The summed E-state index contributed by atoms with van der Waals surface area (Å²) < 4.78 is 11.3. The van der Waals surface area contributed by atoms with Crippen LogP contribution in [-0.2, 0) is 9.53 Å². The minimum atomic E-state index is -0.967. The van der Waals surface area contributed by atoms with Crippen LogP contribution in [-0.4, -0.2) is 75.3 Å². The third-order valence-electron chi connectivity index (χ3n) is 5.66. The van der Waals surface area contributed by atoms with E-state index in [1.807, 2.05) is 81.4 Å². The zero-order valence-electron chi connectivity index (χ0n) is 20.0. The summed E-state index contributed by atoms with van der Waals surface area (Å²) >= 11 is 1.55. The molecule has 1 heterocycles. The zero-order valence-corrected chi connectivity index (χ0v) is 20.8. The molecule has 0 aliphatic carbocycles. The molecule has 1 aliphatic heterocycles. The molecule has 0 bridgehead atoms. The average Bonchev–Trinajstić information content (AvgIpc) is 2.93. The van der Waals surface area contributed by atoms with E-state index in [9.17, 15) is 9.59 Å². The number of carbonyl (C=O) groups is 2. The van der Waals surface area contributed by atoms with Gasteiger partial charge in [-0.2, -0.15) is 0 Å². The summed E-state index contributed by atoms with van der Waals surface area (Å²) in [4.78, 5) is 33.2. The lowest BCUT2D eigenvalue weighted by atomic mass is 10.1. The Hall–Kier alpha value is -2.71. The van der Waals surface area contributed by atoms with Crippen LogP contribution in [0.15, 0.2) is 53.4 Å². The highest BCUT2D eigenvalue weighted by Gasteiger charge is 2.41. The highest BCUT2D eigenvalue weighted by molar-refractivity contribution is 7.99. The Labute approximate surface area is 200 Å². The number of thioether (sulfide) groups is 1. The second-order valence-corrected chi connectivity index (χ2v) is 9.23. The standard InChI is InChI=1S/C25H33N3O4S/c1-6-27(7-2)25(30)32-22-23(18-12-14-19(31-5)15-13-18)33-21-11-9-8-10-20(21)28(24(22)29)17-16-26(3)4/h8-15,22-23H,6-7,16-17H2,1-5H3/t22-,23+/m0/s1. The first-order valence-corrected chi connectivity index (χ1v) is 12.1. The van der Waals surface area contributed by atoms with Crippen LogP contribution in [0.5, 0.6) is 5.75 Å². The summed E-state index contributed by atoms with van der Waals surface area (Å²) in [7, 11) is 5.56. The number of methoxy groups -OCH3 is 1. The molecule has 33 heavy (non-hydrogen) atoms. The molecule has 0 unspecified atom stereocenters. The van der Waals surface area contributed by atoms with Crippen molar-refractivity contribution in [2.75, 3.05) is 52.3 Å². The lowest BCUT2D eigenvalue weighted by Crippen LogP contribution is -2.47. The minimum absolute atomic E-state index is 0.212. The van der Waals surface area contributed by atoms with Gasteiger partial charge in [-0.1, -0.05) is 24.3 Å². The Bertz CT molecular complexity index is 947. The Balaban J connectivity index is 2.06. The fourth-order valence-electron chi connectivity index (χ4n) is 3.72. The quantitative estimate of drug-likeness (QED) is 0.573. The number of likely N-dealkylation sites (N-methyl/N-ethyl adjacent to an activating group) is 1. The fraction of sp³-hybridized carbons (Fsp3) is 0.440. The minimum Gasteiger partial charge on any atom is -0.497 e. The summed E-state index contributed by atoms with van der Waals surface area (Å²) in [5, 5.41) is -0.395. The largest absolute Gasteiger partial charge is 0.497 e. The van der Waals surface area contributed by atoms with Crippen molar-refractivity contribution in [1.82, 2.24) is 9.80 Å². The first-order chi connectivity index (χ1) is 15.9. The first kappa shape index (κ1) is 24.9. The summed E-state index contributed by atoms with van der Waals surface area (Å²) in [6, 6.07) is 15.5. The van der Waals surface area contributed by atoms with Crippen molar-refractivity contribution in [2.45, 2.75) is 30.1 Å². The van der Waals surface area contributed by atoms with E-state index in [-0.39, 0.29) is 5.91 Å². The van der Waals surface area contributed by atoms with Crippen LogP contribution in [0.3, 0.4) is 0 Å². The summed E-state index contributed by atoms with van der Waals surface area (Å²) in [6.07, 6.45) is -1.44. The van der Waals surface area contributed by atoms with E-state index < -0.39 is 17.4 Å². The number of fused-ring (bicyclic) bond motifs is 1. The second-order valence-electron chi connectivity index (χ2n) is 8.05. The molecule has 178 valence electrons. The molecular weight excluding hydrogens is 438 g/mol. The number of benzene rings is 2. The Morgan fingerprint density at radius 1 is 1.06 bits per heavy atom. The number of hydrogen-bond donors (Lipinski definition) is 0. The van der Waals surface area contributed by atoms with Gasteiger partial charge in [-0.05, 0) is 57.8 Å². The van der Waals surface area contributed by atoms with Crippen molar-refractivity contribution in [3.8, 4) is 5.75 Å². The van der Waals surface area contributed by atoms with Crippen molar-refractivity contribution < 1.29 is 19.1 Å². The molecule has 1 aliphatic rings. The van der Waals surface area contributed by atoms with Crippen molar-refractivity contribution in [3.63, 3.8) is 0 Å². The van der Waals surface area contributed by atoms with Crippen LogP contribution >= 0.6 is 11.8 Å². The Morgan fingerprint density at radius 2 is 1.73 bits per heavy atom. The summed E-state index contributed by atoms with van der Waals surface area (Å²) in [5.41, 5.74) is 1.74. The highest BCUT2D eigenvalue weighted by Crippen LogP contribution is 2.47. The molecule has 0 saturated heterocycles. The van der Waals surface area contributed by atoms with E-state index in [1.54, 1.807) is 28.7 Å². The van der Waals surface area contributed by atoms with Gasteiger partial charge in [0.2, 0.25) is 0 Å². The maximum Gasteiger partial charge on any atom is 0.410 e. The van der Waals surface area contributed by atoms with Gasteiger partial charge in [0, 0.05) is 31.1 Å². The predicted octanol–water partition coefficient (Wildman–Crippen LogP) is 4.28. The summed E-state index contributed by atoms with van der Waals surface area (Å²) in [6.45, 7) is 6.01. The monoisotopic (exact) mass is 471 g/mol. The van der Waals surface area contributed by atoms with Gasteiger partial charge in [-0.15, -0.1) is 11.8 Å². The molecule has 8 heteroatoms. The molecule has 0 N–H and O–H groups in total. The van der Waals surface area contributed by atoms with Gasteiger partial charge in [0.25, 0.3) is 5.91 Å². The molecule has 0 radical (unpaired) electrons. The number of para-hydroxylation sites is 1. The first-order valence-electron chi connectivity index (χ1n) is 11.2. The Kier molecular flexibility index (Phi) is 8.63. The molecule has 0 aromatic heterocycles. The third kappa shape index (κ3) is 5.81. The molecule has 0 saturated carbocycles. The van der Waals surface area contributed by atoms with Crippen LogP contribution in [0.25, 0.3) is 0 Å². The normalized spacial score (nSPS) is 18.0. The van der Waals surface area contributed by atoms with Crippen LogP contribution in [0.2, 0.25) is 0 Å². The molecule has 2 aromatic carbocycles. The zero-order chi connectivity index (χ0) is 24.0. The van der Waals surface area contributed by atoms with Gasteiger partial charge in [0.15, 0.2) is 6.10 Å². The molecule has 3 rings (SSSR count). The smallest absolute Gasteiger partial charge is 0.410 e. The molecule has 7 nitrogen and oxygen atoms in total. The SMILES string of the molecule is CCN(CC)C(=O)O[C@@H]1C(=O)N(CCN(C)C)c2ccccc2S[C@@H]1c1ccc(OC)cc1. The lowest BCUT2D eigenvalue weighted by molar-refractivity contribution is -0.127. The molecule has 0 fully saturated rings. The van der Waals surface area contributed by atoms with E-state index in [0.29, 0.717) is 26.2 Å². The van der Waals surface area contributed by atoms with Gasteiger partial charge in [0.1, 0.15) is 5.75 Å². The third-order valence-corrected chi connectivity index (χ3v) is 7.03. The maximum absolute atomic E-state index is 13.9. The van der Waals surface area contributed by atoms with Crippen LogP contribution in [0.4, 0.5) is 10.5 Å². The average molecular weight is 472 g/mol. The number of hydrogen-bond acceptors (Lipinski definition) is 6. The van der Waals surface area contributed by atoms with Crippen molar-refractivity contribution >= 4 is 29.4 Å². The molecule has 0 spiro atoms. The van der Waals surface area contributed by atoms with Gasteiger partial charge in [0.05, 0.1) is 18.0 Å². The van der Waals surface area contributed by atoms with Gasteiger partial charge >= 0.3 is 6.09 Å². The number of ether oxygens (including phenoxy) is 2. The molecular formula is C25H33N3O4S. The van der Waals surface area contributed by atoms with Gasteiger partial charge in [-0.25, -0.2) is 4.79 Å². The van der Waals surface area contributed by atoms with E-state index in [1.165, 1.54) is 0 Å². The van der Waals surface area contributed by atoms with E-state index in [4.69, 9.17) is 9.47 Å². The fourth-order valence-corrected chi connectivity index (χ4v) is 5.04. The molecule has 2 amide bonds. The summed E-state index contributed by atoms with van der Waals surface area (Å²) in [5.74, 6) is 0.518. The van der Waals surface area contributed by atoms with Crippen LogP contribution in [0.1, 0.15) is 24.7 Å². The second kappa shape index (κ2) is 11.4. The number of carbonyl (C=O) groups excluding carboxylic acids is 2. The number of anilines is 1. The number of amides is 2. The van der Waals surface area contributed by atoms with Gasteiger partial charge in [-0.3, -0.25) is 4.79 Å². The number of nitrogens with zero attached hydrogens (tertiary/aromatic N) is 3. The van der Waals surface area contributed by atoms with Crippen LogP contribution in [0, 0.1) is 0 Å². The van der Waals surface area contributed by atoms with Gasteiger partial charge < -0.3 is 24.2 Å². The molecule has 2 atom stereocenters. The van der Waals surface area contributed by atoms with E-state index >= 15 is 0 Å². The predicted molar refractivity (Wildman–Crippen MR) is 132 cm³/mol. The van der Waals surface area contributed by atoms with E-state index in [0.717, 1.165) is 21.9 Å². The van der Waals surface area contributed by atoms with Crippen molar-refractivity contribution in [2.24, 2.45) is 0 Å². The highest BCUT2D eigenvalue weighted by atomic mass is 32.2. The van der Waals surface area contributed by atoms with Crippen molar-refractivity contribution in [1.29, 1.82) is 0 Å².